The van der Waals surface area contributed by atoms with E-state index in [1.165, 1.54) is 20.0 Å². The minimum atomic E-state index is -1.39. The molecular formula is C24H26N6O7. The maximum Gasteiger partial charge on any atom is 0.323 e. The van der Waals surface area contributed by atoms with E-state index in [0.29, 0.717) is 27.6 Å². The van der Waals surface area contributed by atoms with Gasteiger partial charge in [0.2, 0.25) is 0 Å². The van der Waals surface area contributed by atoms with Gasteiger partial charge in [-0.1, -0.05) is 12.1 Å². The zero-order valence-corrected chi connectivity index (χ0v) is 20.0. The van der Waals surface area contributed by atoms with Gasteiger partial charge in [0.05, 0.1) is 28.3 Å². The number of nitrogens with one attached hydrogen (secondary N) is 3. The van der Waals surface area contributed by atoms with Crippen molar-refractivity contribution in [3.63, 3.8) is 0 Å². The molecule has 0 aliphatic rings. The number of nitrogens with zero attached hydrogens (tertiary/aromatic N) is 1. The number of hydrogen-bond acceptors (Lipinski definition) is 8. The Hall–Kier alpha value is -4.62. The molecule has 37 heavy (non-hydrogen) atoms. The summed E-state index contributed by atoms with van der Waals surface area (Å²) in [6.45, 7) is 2.86. The van der Waals surface area contributed by atoms with Crippen LogP contribution in [0.3, 0.4) is 0 Å². The molecule has 2 atom stereocenters. The summed E-state index contributed by atoms with van der Waals surface area (Å²) in [6, 6.07) is 10.0. The Morgan fingerprint density at radius 1 is 0.784 bits per heavy atom. The maximum absolute atomic E-state index is 11.2. The topological polar surface area (TPSA) is 238 Å². The van der Waals surface area contributed by atoms with Crippen molar-refractivity contribution in [3.8, 4) is 0 Å². The molecule has 0 unspecified atom stereocenters. The van der Waals surface area contributed by atoms with Crippen LogP contribution in [0.4, 0.5) is 0 Å². The van der Waals surface area contributed by atoms with E-state index in [1.54, 1.807) is 36.4 Å². The van der Waals surface area contributed by atoms with Crippen molar-refractivity contribution in [2.45, 2.75) is 37.8 Å². The number of benzene rings is 2. The number of nitrogens with two attached hydrogens (primary N) is 2. The van der Waals surface area contributed by atoms with E-state index < -0.39 is 34.1 Å². The number of aromatic amines is 3. The van der Waals surface area contributed by atoms with Gasteiger partial charge in [-0.15, -0.1) is 0 Å². The largest absolute Gasteiger partial charge is 0.480 e. The van der Waals surface area contributed by atoms with E-state index in [9.17, 15) is 24.0 Å². The number of carboxylic acid groups (broad SMARTS) is 2. The van der Waals surface area contributed by atoms with Gasteiger partial charge < -0.3 is 36.6 Å². The van der Waals surface area contributed by atoms with E-state index >= 15 is 0 Å². The summed E-state index contributed by atoms with van der Waals surface area (Å²) in [4.78, 5) is 66.9. The Balaban J connectivity index is 0.000000206. The predicted octanol–water partition coefficient (Wildman–Crippen LogP) is -0.171. The quantitative estimate of drug-likeness (QED) is 0.169. The van der Waals surface area contributed by atoms with Gasteiger partial charge in [0.25, 0.3) is 5.56 Å². The molecule has 13 heteroatoms. The first kappa shape index (κ1) is 27.0. The minimum absolute atomic E-state index is 0.111. The fourth-order valence-electron chi connectivity index (χ4n) is 3.47. The monoisotopic (exact) mass is 510 g/mol. The minimum Gasteiger partial charge on any atom is -0.480 e. The van der Waals surface area contributed by atoms with Crippen LogP contribution in [0, 0.1) is 0 Å². The van der Waals surface area contributed by atoms with Crippen molar-refractivity contribution in [1.29, 1.82) is 0 Å². The molecule has 4 rings (SSSR count). The van der Waals surface area contributed by atoms with Crippen LogP contribution < -0.4 is 28.1 Å². The molecule has 0 radical (unpaired) electrons. The Morgan fingerprint density at radius 3 is 1.81 bits per heavy atom. The molecule has 0 saturated heterocycles. The number of aliphatic carboxylic acids is 2. The van der Waals surface area contributed by atoms with Crippen LogP contribution in [-0.2, 0) is 22.4 Å². The van der Waals surface area contributed by atoms with E-state index in [1.807, 2.05) is 0 Å². The number of fused-ring (bicyclic) bond motifs is 2. The number of aromatic nitrogens is 4. The smallest absolute Gasteiger partial charge is 0.323 e. The summed E-state index contributed by atoms with van der Waals surface area (Å²) < 4.78 is 0. The van der Waals surface area contributed by atoms with Crippen LogP contribution in [0.1, 0.15) is 25.0 Å². The standard InChI is InChI=1S/C12H13N3O4.C12H13N3O3/c1-12(13,11(18)19)5-6-2-3-7-8(4-6)15-10(17)9(16)14-7;1-12(13,11(17)18)5-7-2-3-8-9(4-7)15-10(16)6-14-8/h2-4H,5,13H2,1H3,(H,14,16)(H,15,17)(H,18,19);2-4,6H,5,13H2,1H3,(H,15,16)(H,17,18)/t2*12-/m00/s1. The van der Waals surface area contributed by atoms with Crippen molar-refractivity contribution in [1.82, 2.24) is 19.9 Å². The second-order valence-electron chi connectivity index (χ2n) is 9.19. The number of carbonyl (C=O) groups is 2. The highest BCUT2D eigenvalue weighted by atomic mass is 16.4. The number of hydrogen-bond donors (Lipinski definition) is 7. The van der Waals surface area contributed by atoms with Gasteiger partial charge in [-0.3, -0.25) is 24.0 Å². The number of rotatable bonds is 6. The Labute approximate surface area is 208 Å². The molecule has 0 amide bonds. The third kappa shape index (κ3) is 6.54. The van der Waals surface area contributed by atoms with Crippen LogP contribution in [0.2, 0.25) is 0 Å². The summed E-state index contributed by atoms with van der Waals surface area (Å²) in [5, 5.41) is 17.9. The molecule has 2 heterocycles. The van der Waals surface area contributed by atoms with Crippen LogP contribution in [0.15, 0.2) is 57.0 Å². The first-order valence-electron chi connectivity index (χ1n) is 11.0. The first-order valence-corrected chi connectivity index (χ1v) is 11.0. The molecule has 4 aromatic rings. The molecule has 194 valence electrons. The highest BCUT2D eigenvalue weighted by molar-refractivity contribution is 5.80. The average molecular weight is 511 g/mol. The molecule has 2 aromatic carbocycles. The van der Waals surface area contributed by atoms with Crippen LogP contribution in [0.5, 0.6) is 0 Å². The first-order chi connectivity index (χ1) is 17.2. The SMILES string of the molecule is C[C@](N)(Cc1ccc2[nH]c(=O)c(=O)[nH]c2c1)C(=O)O.C[C@](N)(Cc1ccc2ncc(=O)[nH]c2c1)C(=O)O. The van der Waals surface area contributed by atoms with Gasteiger partial charge in [-0.05, 0) is 49.2 Å². The lowest BCUT2D eigenvalue weighted by Gasteiger charge is -2.19. The molecule has 0 spiro atoms. The van der Waals surface area contributed by atoms with E-state index in [0.717, 1.165) is 5.56 Å². The van der Waals surface area contributed by atoms with E-state index in [2.05, 4.69) is 19.9 Å². The second kappa shape index (κ2) is 10.2. The van der Waals surface area contributed by atoms with Gasteiger partial charge >= 0.3 is 23.1 Å². The van der Waals surface area contributed by atoms with Crippen molar-refractivity contribution in [2.75, 3.05) is 0 Å². The van der Waals surface area contributed by atoms with Crippen molar-refractivity contribution >= 4 is 34.0 Å². The van der Waals surface area contributed by atoms with E-state index in [-0.39, 0.29) is 18.4 Å². The third-order valence-electron chi connectivity index (χ3n) is 5.55. The van der Waals surface area contributed by atoms with Crippen LogP contribution in [0.25, 0.3) is 22.1 Å². The fourth-order valence-corrected chi connectivity index (χ4v) is 3.47. The maximum atomic E-state index is 11.2. The third-order valence-corrected chi connectivity index (χ3v) is 5.55. The van der Waals surface area contributed by atoms with Gasteiger partial charge in [-0.25, -0.2) is 4.98 Å². The van der Waals surface area contributed by atoms with E-state index in [4.69, 9.17) is 21.7 Å². The summed E-state index contributed by atoms with van der Waals surface area (Å²) in [5.41, 5.74) is 10.3. The summed E-state index contributed by atoms with van der Waals surface area (Å²) in [6.07, 6.45) is 1.49. The lowest BCUT2D eigenvalue weighted by molar-refractivity contribution is -0.143. The van der Waals surface area contributed by atoms with Crippen molar-refractivity contribution in [2.24, 2.45) is 11.5 Å². The lowest BCUT2D eigenvalue weighted by atomic mass is 9.94. The fraction of sp³-hybridized carbons (Fsp3) is 0.250. The molecule has 0 bridgehead atoms. The summed E-state index contributed by atoms with van der Waals surface area (Å²) in [5.74, 6) is -2.18. The second-order valence-corrected chi connectivity index (χ2v) is 9.19. The average Bonchev–Trinajstić information content (AvgIpc) is 2.79. The molecule has 0 saturated carbocycles. The predicted molar refractivity (Wildman–Crippen MR) is 135 cm³/mol. The van der Waals surface area contributed by atoms with Gasteiger partial charge in [0.15, 0.2) is 0 Å². The summed E-state index contributed by atoms with van der Waals surface area (Å²) in [7, 11) is 0. The zero-order valence-electron chi connectivity index (χ0n) is 20.0. The molecular weight excluding hydrogens is 484 g/mol. The Bertz CT molecular complexity index is 1670. The van der Waals surface area contributed by atoms with Crippen LogP contribution in [-0.4, -0.2) is 53.2 Å². The number of carboxylic acids is 2. The highest BCUT2D eigenvalue weighted by Crippen LogP contribution is 2.16. The Morgan fingerprint density at radius 2 is 1.27 bits per heavy atom. The molecule has 0 aliphatic carbocycles. The van der Waals surface area contributed by atoms with Gasteiger partial charge in [0.1, 0.15) is 11.1 Å². The normalized spacial score (nSPS) is 14.3. The number of H-pyrrole nitrogens is 3. The molecule has 2 aromatic heterocycles. The van der Waals surface area contributed by atoms with Gasteiger partial charge in [0, 0.05) is 12.8 Å². The van der Waals surface area contributed by atoms with Gasteiger partial charge in [-0.2, -0.15) is 0 Å². The highest BCUT2D eigenvalue weighted by Gasteiger charge is 2.29. The van der Waals surface area contributed by atoms with Crippen LogP contribution >= 0.6 is 0 Å². The summed E-state index contributed by atoms with van der Waals surface area (Å²) >= 11 is 0. The molecule has 0 fully saturated rings. The molecule has 13 nitrogen and oxygen atoms in total. The Kier molecular flexibility index (Phi) is 7.41. The van der Waals surface area contributed by atoms with Crippen molar-refractivity contribution < 1.29 is 19.8 Å². The molecule has 0 aliphatic heterocycles. The lowest BCUT2D eigenvalue weighted by Crippen LogP contribution is -2.46. The van der Waals surface area contributed by atoms with Crippen molar-refractivity contribution in [3.05, 3.63) is 84.8 Å². The molecule has 9 N–H and O–H groups in total. The zero-order chi connectivity index (χ0) is 27.5.